The summed E-state index contributed by atoms with van der Waals surface area (Å²) in [5, 5.41) is 10.8. The number of hydrogen-bond donors (Lipinski definition) is 0. The zero-order valence-electron chi connectivity index (χ0n) is 11.9. The van der Waals surface area contributed by atoms with Gasteiger partial charge in [-0.05, 0) is 18.2 Å². The fraction of sp³-hybridized carbons (Fsp3) is 0.133. The Morgan fingerprint density at radius 2 is 2.04 bits per heavy atom. The van der Waals surface area contributed by atoms with Gasteiger partial charge in [0.15, 0.2) is 0 Å². The first-order chi connectivity index (χ1) is 10.9. The Kier molecular flexibility index (Phi) is 5.28. The summed E-state index contributed by atoms with van der Waals surface area (Å²) in [4.78, 5) is 22.2. The summed E-state index contributed by atoms with van der Waals surface area (Å²) >= 11 is 3.13. The monoisotopic (exact) mass is 383 g/mol. The molecule has 0 spiro atoms. The lowest BCUT2D eigenvalue weighted by Gasteiger charge is -2.09. The van der Waals surface area contributed by atoms with Gasteiger partial charge in [0.1, 0.15) is 23.7 Å². The number of rotatable bonds is 5. The average molecular weight is 384 g/mol. The first-order valence-electron chi connectivity index (χ1n) is 6.36. The minimum atomic E-state index is -0.840. The predicted octanol–water partition coefficient (Wildman–Crippen LogP) is 3.86. The predicted molar refractivity (Wildman–Crippen MR) is 82.9 cm³/mol. The number of ether oxygens (including phenoxy) is 2. The van der Waals surface area contributed by atoms with Gasteiger partial charge in [-0.15, -0.1) is 0 Å². The molecule has 0 amide bonds. The number of methoxy groups -OCH3 is 1. The smallest absolute Gasteiger partial charge is 0.342 e. The van der Waals surface area contributed by atoms with Crippen LogP contribution in [0.2, 0.25) is 0 Å². The summed E-state index contributed by atoms with van der Waals surface area (Å²) in [6, 6.07) is 7.90. The Balaban J connectivity index is 2.19. The molecule has 23 heavy (non-hydrogen) atoms. The summed E-state index contributed by atoms with van der Waals surface area (Å²) in [5.41, 5.74) is -0.183. The Labute approximate surface area is 139 Å². The lowest BCUT2D eigenvalue weighted by atomic mass is 10.1. The van der Waals surface area contributed by atoms with Gasteiger partial charge in [-0.1, -0.05) is 22.0 Å². The van der Waals surface area contributed by atoms with Gasteiger partial charge < -0.3 is 9.47 Å². The number of carbonyl (C=O) groups excluding carboxylic acids is 1. The van der Waals surface area contributed by atoms with Crippen molar-refractivity contribution < 1.29 is 23.6 Å². The van der Waals surface area contributed by atoms with Crippen molar-refractivity contribution in [1.29, 1.82) is 0 Å². The molecule has 0 unspecified atom stereocenters. The number of nitrogens with zero attached hydrogens (tertiary/aromatic N) is 1. The fourth-order valence-corrected chi connectivity index (χ4v) is 2.16. The first-order valence-corrected chi connectivity index (χ1v) is 7.15. The molecule has 0 heterocycles. The number of carbonyl (C=O) groups is 1. The van der Waals surface area contributed by atoms with Crippen molar-refractivity contribution in [3.63, 3.8) is 0 Å². The number of non-ortho nitro benzene ring substituents is 1. The largest absolute Gasteiger partial charge is 0.496 e. The molecule has 120 valence electrons. The minimum Gasteiger partial charge on any atom is -0.496 e. The third-order valence-electron chi connectivity index (χ3n) is 2.99. The second-order valence-electron chi connectivity index (χ2n) is 4.45. The molecule has 0 fully saturated rings. The maximum Gasteiger partial charge on any atom is 0.342 e. The van der Waals surface area contributed by atoms with Crippen molar-refractivity contribution in [2.24, 2.45) is 0 Å². The second-order valence-corrected chi connectivity index (χ2v) is 5.37. The van der Waals surface area contributed by atoms with E-state index in [4.69, 9.17) is 9.47 Å². The van der Waals surface area contributed by atoms with E-state index in [-0.39, 0.29) is 29.2 Å². The quantitative estimate of drug-likeness (QED) is 0.444. The van der Waals surface area contributed by atoms with E-state index < -0.39 is 16.7 Å². The summed E-state index contributed by atoms with van der Waals surface area (Å²) in [6.07, 6.45) is 0. The van der Waals surface area contributed by atoms with Gasteiger partial charge in [0.05, 0.1) is 12.0 Å². The van der Waals surface area contributed by atoms with Crippen LogP contribution < -0.4 is 4.74 Å². The van der Waals surface area contributed by atoms with E-state index in [0.717, 1.165) is 6.07 Å². The number of halogens is 2. The van der Waals surface area contributed by atoms with Gasteiger partial charge in [-0.3, -0.25) is 10.1 Å². The molecule has 2 aromatic rings. The normalized spacial score (nSPS) is 10.2. The Bertz CT molecular complexity index is 766. The van der Waals surface area contributed by atoms with Gasteiger partial charge in [0, 0.05) is 22.2 Å². The number of nitro benzene ring substituents is 1. The van der Waals surface area contributed by atoms with Gasteiger partial charge in [-0.2, -0.15) is 0 Å². The highest BCUT2D eigenvalue weighted by Gasteiger charge is 2.19. The van der Waals surface area contributed by atoms with Gasteiger partial charge in [-0.25, -0.2) is 9.18 Å². The highest BCUT2D eigenvalue weighted by Crippen LogP contribution is 2.25. The summed E-state index contributed by atoms with van der Waals surface area (Å²) in [5.74, 6) is -1.23. The van der Waals surface area contributed by atoms with Gasteiger partial charge in [0.25, 0.3) is 5.69 Å². The van der Waals surface area contributed by atoms with Crippen LogP contribution in [0.4, 0.5) is 10.1 Å². The zero-order chi connectivity index (χ0) is 17.0. The third kappa shape index (κ3) is 4.04. The van der Waals surface area contributed by atoms with E-state index in [9.17, 15) is 19.3 Å². The Hall–Kier alpha value is -2.48. The molecule has 0 bridgehead atoms. The molecular formula is C15H11BrFNO5. The van der Waals surface area contributed by atoms with Crippen LogP contribution >= 0.6 is 15.9 Å². The topological polar surface area (TPSA) is 78.7 Å². The molecule has 2 rings (SSSR count). The van der Waals surface area contributed by atoms with Crippen molar-refractivity contribution >= 4 is 27.6 Å². The molecule has 0 atom stereocenters. The molecule has 0 saturated heterocycles. The molecule has 0 aliphatic rings. The first kappa shape index (κ1) is 16.9. The van der Waals surface area contributed by atoms with Crippen LogP contribution in [-0.4, -0.2) is 18.0 Å². The van der Waals surface area contributed by atoms with E-state index in [1.54, 1.807) is 6.07 Å². The van der Waals surface area contributed by atoms with Gasteiger partial charge >= 0.3 is 5.97 Å². The fourth-order valence-electron chi connectivity index (χ4n) is 1.83. The lowest BCUT2D eigenvalue weighted by molar-refractivity contribution is -0.384. The molecule has 0 aromatic heterocycles. The molecule has 0 N–H and O–H groups in total. The highest BCUT2D eigenvalue weighted by molar-refractivity contribution is 9.10. The van der Waals surface area contributed by atoms with Crippen molar-refractivity contribution in [2.45, 2.75) is 6.61 Å². The van der Waals surface area contributed by atoms with Crippen molar-refractivity contribution in [3.05, 3.63) is 67.9 Å². The average Bonchev–Trinajstić information content (AvgIpc) is 2.53. The van der Waals surface area contributed by atoms with E-state index in [1.165, 1.54) is 31.4 Å². The molecule has 0 aliphatic heterocycles. The standard InChI is InChI=1S/C15H11BrFNO5/c1-22-14-5-4-11(18(20)21)7-12(14)15(19)23-8-9-2-3-10(16)6-13(9)17/h2-7H,8H2,1H3. The second kappa shape index (κ2) is 7.19. The third-order valence-corrected chi connectivity index (χ3v) is 3.48. The van der Waals surface area contributed by atoms with Crippen LogP contribution in [0.5, 0.6) is 5.75 Å². The van der Waals surface area contributed by atoms with Crippen LogP contribution in [0.3, 0.4) is 0 Å². The molecular weight excluding hydrogens is 373 g/mol. The number of nitro groups is 1. The number of hydrogen-bond acceptors (Lipinski definition) is 5. The van der Waals surface area contributed by atoms with Crippen LogP contribution in [0.15, 0.2) is 40.9 Å². The molecule has 6 nitrogen and oxygen atoms in total. The summed E-state index contributed by atoms with van der Waals surface area (Å²) in [6.45, 7) is -0.302. The molecule has 0 radical (unpaired) electrons. The maximum absolute atomic E-state index is 13.7. The Morgan fingerprint density at radius 1 is 1.30 bits per heavy atom. The molecule has 8 heteroatoms. The summed E-state index contributed by atoms with van der Waals surface area (Å²) in [7, 11) is 1.33. The van der Waals surface area contributed by atoms with E-state index in [1.807, 2.05) is 0 Å². The summed E-state index contributed by atoms with van der Waals surface area (Å²) < 4.78 is 24.2. The van der Waals surface area contributed by atoms with Crippen molar-refractivity contribution in [3.8, 4) is 5.75 Å². The molecule has 0 saturated carbocycles. The zero-order valence-corrected chi connectivity index (χ0v) is 13.5. The Morgan fingerprint density at radius 3 is 2.65 bits per heavy atom. The van der Waals surface area contributed by atoms with Crippen molar-refractivity contribution in [1.82, 2.24) is 0 Å². The van der Waals surface area contributed by atoms with E-state index in [2.05, 4.69) is 15.9 Å². The SMILES string of the molecule is COc1ccc([N+](=O)[O-])cc1C(=O)OCc1ccc(Br)cc1F. The number of esters is 1. The number of benzene rings is 2. The maximum atomic E-state index is 13.7. The van der Waals surface area contributed by atoms with Crippen molar-refractivity contribution in [2.75, 3.05) is 7.11 Å². The lowest BCUT2D eigenvalue weighted by Crippen LogP contribution is -2.08. The van der Waals surface area contributed by atoms with Crippen LogP contribution in [0, 0.1) is 15.9 Å². The van der Waals surface area contributed by atoms with Crippen LogP contribution in [0.25, 0.3) is 0 Å². The van der Waals surface area contributed by atoms with Crippen LogP contribution in [-0.2, 0) is 11.3 Å². The van der Waals surface area contributed by atoms with E-state index in [0.29, 0.717) is 4.47 Å². The van der Waals surface area contributed by atoms with Crippen LogP contribution in [0.1, 0.15) is 15.9 Å². The highest BCUT2D eigenvalue weighted by atomic mass is 79.9. The molecule has 2 aromatic carbocycles. The molecule has 0 aliphatic carbocycles. The van der Waals surface area contributed by atoms with Gasteiger partial charge in [0.2, 0.25) is 0 Å². The van der Waals surface area contributed by atoms with E-state index >= 15 is 0 Å². The minimum absolute atomic E-state index is 0.0979.